The number of fused-ring (bicyclic) bond motifs is 1. The third-order valence-electron chi connectivity index (χ3n) is 3.38. The van der Waals surface area contributed by atoms with Gasteiger partial charge in [0.15, 0.2) is 6.61 Å². The summed E-state index contributed by atoms with van der Waals surface area (Å²) in [6.07, 6.45) is 7.42. The van der Waals surface area contributed by atoms with Crippen LogP contribution in [0.1, 0.15) is 25.3 Å². The molecule has 0 radical (unpaired) electrons. The molecule has 0 fully saturated rings. The fourth-order valence-corrected chi connectivity index (χ4v) is 2.41. The summed E-state index contributed by atoms with van der Waals surface area (Å²) in [7, 11) is 0. The van der Waals surface area contributed by atoms with Crippen LogP contribution < -0.4 is 4.74 Å². The minimum absolute atomic E-state index is 0.315. The van der Waals surface area contributed by atoms with Crippen molar-refractivity contribution in [1.82, 2.24) is 0 Å². The molecule has 0 aliphatic carbocycles. The quantitative estimate of drug-likeness (QED) is 0.612. The molecule has 21 heavy (non-hydrogen) atoms. The van der Waals surface area contributed by atoms with E-state index in [0.717, 1.165) is 30.0 Å². The predicted octanol–water partition coefficient (Wildman–Crippen LogP) is 4.20. The Morgan fingerprint density at radius 1 is 1.19 bits per heavy atom. The van der Waals surface area contributed by atoms with Gasteiger partial charge in [0.2, 0.25) is 0 Å². The van der Waals surface area contributed by atoms with Gasteiger partial charge in [-0.25, -0.2) is 4.79 Å². The molecular formula is C18H20O3. The molecule has 3 nitrogen and oxygen atoms in total. The average molecular weight is 284 g/mol. The normalized spacial score (nSPS) is 11.1. The summed E-state index contributed by atoms with van der Waals surface area (Å²) in [6, 6.07) is 11.9. The van der Waals surface area contributed by atoms with Crippen LogP contribution in [0.5, 0.6) is 5.75 Å². The van der Waals surface area contributed by atoms with E-state index < -0.39 is 5.97 Å². The number of carboxylic acid groups (broad SMARTS) is 1. The number of carbonyl (C=O) groups is 1. The molecular weight excluding hydrogens is 264 g/mol. The van der Waals surface area contributed by atoms with E-state index in [1.165, 1.54) is 5.56 Å². The molecule has 0 saturated carbocycles. The van der Waals surface area contributed by atoms with Crippen LogP contribution in [0.2, 0.25) is 0 Å². The molecule has 2 rings (SSSR count). The Bertz CT molecular complexity index is 644. The van der Waals surface area contributed by atoms with Crippen molar-refractivity contribution in [3.8, 4) is 5.75 Å². The Morgan fingerprint density at radius 2 is 1.95 bits per heavy atom. The lowest BCUT2D eigenvalue weighted by Gasteiger charge is -2.10. The Morgan fingerprint density at radius 3 is 2.71 bits per heavy atom. The summed E-state index contributed by atoms with van der Waals surface area (Å²) < 4.78 is 5.37. The van der Waals surface area contributed by atoms with Crippen LogP contribution in [-0.4, -0.2) is 17.7 Å². The highest BCUT2D eigenvalue weighted by atomic mass is 16.5. The Kier molecular flexibility index (Phi) is 5.38. The molecule has 0 spiro atoms. The molecule has 0 amide bonds. The van der Waals surface area contributed by atoms with Crippen LogP contribution in [0.4, 0.5) is 0 Å². The smallest absolute Gasteiger partial charge is 0.341 e. The minimum Gasteiger partial charge on any atom is -0.481 e. The van der Waals surface area contributed by atoms with Crippen LogP contribution in [-0.2, 0) is 11.2 Å². The van der Waals surface area contributed by atoms with E-state index in [4.69, 9.17) is 9.84 Å². The molecule has 1 N–H and O–H groups in total. The molecule has 3 heteroatoms. The lowest BCUT2D eigenvalue weighted by Crippen LogP contribution is -2.09. The maximum atomic E-state index is 10.6. The van der Waals surface area contributed by atoms with Crippen molar-refractivity contribution < 1.29 is 14.6 Å². The van der Waals surface area contributed by atoms with Crippen molar-refractivity contribution in [2.75, 3.05) is 6.61 Å². The van der Waals surface area contributed by atoms with Crippen molar-refractivity contribution >= 4 is 16.7 Å². The van der Waals surface area contributed by atoms with E-state index in [2.05, 4.69) is 24.3 Å². The first kappa shape index (κ1) is 15.1. The monoisotopic (exact) mass is 284 g/mol. The third-order valence-corrected chi connectivity index (χ3v) is 3.38. The number of ether oxygens (including phenoxy) is 1. The molecule has 110 valence electrons. The summed E-state index contributed by atoms with van der Waals surface area (Å²) in [6.45, 7) is 1.72. The zero-order valence-electron chi connectivity index (χ0n) is 12.2. The van der Waals surface area contributed by atoms with Gasteiger partial charge in [-0.1, -0.05) is 42.5 Å². The summed E-state index contributed by atoms with van der Waals surface area (Å²) in [4.78, 5) is 10.6. The number of rotatable bonds is 7. The number of hydrogen-bond donors (Lipinski definition) is 1. The fraction of sp³-hybridized carbons (Fsp3) is 0.278. The molecule has 0 atom stereocenters. The lowest BCUT2D eigenvalue weighted by molar-refractivity contribution is -0.139. The van der Waals surface area contributed by atoms with Crippen LogP contribution in [0.15, 0.2) is 48.6 Å². The van der Waals surface area contributed by atoms with Gasteiger partial charge in [-0.15, -0.1) is 0 Å². The summed E-state index contributed by atoms with van der Waals surface area (Å²) >= 11 is 0. The standard InChI is InChI=1S/C18H20O3/c1-2-3-4-5-8-14-9-6-11-16-15(14)10-7-12-17(16)21-13-18(19)20/h2-3,6-7,9-12H,4-5,8,13H2,1H3,(H,19,20)/b3-2+. The summed E-state index contributed by atoms with van der Waals surface area (Å²) in [5.74, 6) is -0.334. The number of aryl methyl sites for hydroxylation is 1. The van der Waals surface area contributed by atoms with E-state index in [1.54, 1.807) is 0 Å². The number of unbranched alkanes of at least 4 members (excludes halogenated alkanes) is 1. The molecule has 0 saturated heterocycles. The van der Waals surface area contributed by atoms with E-state index in [0.29, 0.717) is 5.75 Å². The second kappa shape index (κ2) is 7.48. The number of benzene rings is 2. The third kappa shape index (κ3) is 4.09. The van der Waals surface area contributed by atoms with Gasteiger partial charge in [0, 0.05) is 5.39 Å². The highest BCUT2D eigenvalue weighted by molar-refractivity contribution is 5.91. The summed E-state index contributed by atoms with van der Waals surface area (Å²) in [5, 5.41) is 10.9. The molecule has 0 aliphatic rings. The molecule has 2 aromatic rings. The molecule has 0 aliphatic heterocycles. The molecule has 0 aromatic heterocycles. The molecule has 0 heterocycles. The largest absolute Gasteiger partial charge is 0.481 e. The van der Waals surface area contributed by atoms with Gasteiger partial charge in [-0.05, 0) is 43.2 Å². The van der Waals surface area contributed by atoms with Crippen LogP contribution >= 0.6 is 0 Å². The SMILES string of the molecule is C/C=C/CCCc1cccc2c(OCC(=O)O)cccc12. The van der Waals surface area contributed by atoms with Crippen molar-refractivity contribution in [2.24, 2.45) is 0 Å². The van der Waals surface area contributed by atoms with Gasteiger partial charge >= 0.3 is 5.97 Å². The van der Waals surface area contributed by atoms with Gasteiger partial charge in [0.05, 0.1) is 0 Å². The van der Waals surface area contributed by atoms with E-state index in [9.17, 15) is 4.79 Å². The van der Waals surface area contributed by atoms with Gasteiger partial charge in [-0.2, -0.15) is 0 Å². The van der Waals surface area contributed by atoms with Crippen molar-refractivity contribution in [3.63, 3.8) is 0 Å². The lowest BCUT2D eigenvalue weighted by atomic mass is 9.99. The van der Waals surface area contributed by atoms with Gasteiger partial charge in [0.1, 0.15) is 5.75 Å². The van der Waals surface area contributed by atoms with Crippen LogP contribution in [0.3, 0.4) is 0 Å². The first-order chi connectivity index (χ1) is 10.2. The topological polar surface area (TPSA) is 46.5 Å². The first-order valence-electron chi connectivity index (χ1n) is 7.18. The van der Waals surface area contributed by atoms with E-state index >= 15 is 0 Å². The maximum absolute atomic E-state index is 10.6. The predicted molar refractivity (Wildman–Crippen MR) is 84.8 cm³/mol. The Balaban J connectivity index is 2.23. The number of hydrogen-bond acceptors (Lipinski definition) is 2. The number of aliphatic carboxylic acids is 1. The molecule has 0 bridgehead atoms. The zero-order chi connectivity index (χ0) is 15.1. The van der Waals surface area contributed by atoms with Gasteiger partial charge in [-0.3, -0.25) is 0 Å². The highest BCUT2D eigenvalue weighted by Crippen LogP contribution is 2.28. The number of allylic oxidation sites excluding steroid dienone is 2. The van der Waals surface area contributed by atoms with Crippen LogP contribution in [0.25, 0.3) is 10.8 Å². The molecule has 0 unspecified atom stereocenters. The number of carboxylic acids is 1. The zero-order valence-corrected chi connectivity index (χ0v) is 12.2. The second-order valence-corrected chi connectivity index (χ2v) is 4.91. The van der Waals surface area contributed by atoms with Crippen molar-refractivity contribution in [3.05, 3.63) is 54.1 Å². The first-order valence-corrected chi connectivity index (χ1v) is 7.18. The van der Waals surface area contributed by atoms with Gasteiger partial charge in [0.25, 0.3) is 0 Å². The maximum Gasteiger partial charge on any atom is 0.341 e. The van der Waals surface area contributed by atoms with Crippen LogP contribution in [0, 0.1) is 0 Å². The van der Waals surface area contributed by atoms with Crippen molar-refractivity contribution in [2.45, 2.75) is 26.2 Å². The minimum atomic E-state index is -0.963. The van der Waals surface area contributed by atoms with Crippen molar-refractivity contribution in [1.29, 1.82) is 0 Å². The summed E-state index contributed by atoms with van der Waals surface area (Å²) in [5.41, 5.74) is 1.28. The fourth-order valence-electron chi connectivity index (χ4n) is 2.41. The second-order valence-electron chi connectivity index (χ2n) is 4.91. The van der Waals surface area contributed by atoms with E-state index in [-0.39, 0.29) is 6.61 Å². The van der Waals surface area contributed by atoms with Gasteiger partial charge < -0.3 is 9.84 Å². The molecule has 2 aromatic carbocycles. The highest BCUT2D eigenvalue weighted by Gasteiger charge is 2.07. The Labute approximate surface area is 124 Å². The Hall–Kier alpha value is -2.29. The van der Waals surface area contributed by atoms with E-state index in [1.807, 2.05) is 31.2 Å². The average Bonchev–Trinajstić information content (AvgIpc) is 2.49.